The van der Waals surface area contributed by atoms with Crippen LogP contribution < -0.4 is 0 Å². The first-order chi connectivity index (χ1) is 41.2. The largest absolute Gasteiger partial charge is 0.0447 e. The van der Waals surface area contributed by atoms with Gasteiger partial charge >= 0.3 is 0 Å². The summed E-state index contributed by atoms with van der Waals surface area (Å²) in [7, 11) is 0. The minimum Gasteiger partial charge on any atom is -0.0447 e. The third-order valence-electron chi connectivity index (χ3n) is 25.5. The molecule has 0 amide bonds. The molecule has 0 saturated heterocycles. The second-order valence-electron chi connectivity index (χ2n) is 28.5. The van der Waals surface area contributed by atoms with Gasteiger partial charge in [-0.3, -0.25) is 0 Å². The van der Waals surface area contributed by atoms with Crippen LogP contribution in [-0.2, 0) is 0 Å². The van der Waals surface area contributed by atoms with Crippen LogP contribution in [0, 0.1) is 291 Å². The molecule has 486 valence electrons. The van der Waals surface area contributed by atoms with Crippen LogP contribution in [0.4, 0.5) is 0 Å². The van der Waals surface area contributed by atoms with Crippen LogP contribution in [0.3, 0.4) is 0 Å². The second kappa shape index (κ2) is 29.2. The molecule has 0 aromatic heterocycles. The molecule has 0 fully saturated rings. The van der Waals surface area contributed by atoms with E-state index in [2.05, 4.69) is 291 Å². The van der Waals surface area contributed by atoms with E-state index in [1.807, 2.05) is 0 Å². The molecule has 0 N–H and O–H groups in total. The minimum absolute atomic E-state index is 1.45. The Labute approximate surface area is 553 Å². The van der Waals surface area contributed by atoms with Crippen molar-refractivity contribution >= 4 is 32.3 Å². The summed E-state index contributed by atoms with van der Waals surface area (Å²) >= 11 is 0. The molecule has 90 heavy (non-hydrogen) atoms. The monoisotopic (exact) mass is 1210 g/mol. The maximum atomic E-state index is 2.27. The lowest BCUT2D eigenvalue weighted by atomic mass is 9.83. The van der Waals surface area contributed by atoms with Crippen molar-refractivity contribution in [2.24, 2.45) is 0 Å². The van der Waals surface area contributed by atoms with Crippen LogP contribution in [0.2, 0.25) is 0 Å². The number of hydrogen-bond acceptors (Lipinski definition) is 0. The third kappa shape index (κ3) is 13.6. The quantitative estimate of drug-likeness (QED) is 0.142. The van der Waals surface area contributed by atoms with Gasteiger partial charge in [0.1, 0.15) is 0 Å². The van der Waals surface area contributed by atoms with Gasteiger partial charge in [0.05, 0.1) is 0 Å². The molecule has 0 aliphatic heterocycles. The van der Waals surface area contributed by atoms with Crippen molar-refractivity contribution in [1.29, 1.82) is 0 Å². The van der Waals surface area contributed by atoms with Crippen LogP contribution in [0.25, 0.3) is 32.3 Å². The van der Waals surface area contributed by atoms with E-state index in [9.17, 15) is 0 Å². The van der Waals surface area contributed by atoms with E-state index in [0.717, 1.165) is 0 Å². The van der Waals surface area contributed by atoms with Gasteiger partial charge in [-0.2, -0.15) is 0 Å². The summed E-state index contributed by atoms with van der Waals surface area (Å²) in [5.41, 5.74) is 61.0. The van der Waals surface area contributed by atoms with E-state index < -0.39 is 0 Å². The highest BCUT2D eigenvalue weighted by Crippen LogP contribution is 2.40. The van der Waals surface area contributed by atoms with Crippen molar-refractivity contribution in [3.05, 3.63) is 234 Å². The summed E-state index contributed by atoms with van der Waals surface area (Å²) in [5, 5.41) is 8.90. The number of rotatable bonds is 0. The fraction of sp³-hybridized carbons (Fsp3) is 0.467. The SMILES string of the molecule is Cc1c(C)c(C)c(C)c(C)c1C.Cc1c(C)c(C)c(C)c(C)c1C.Cc1c(C)c(C)c(C)c(C)c1C.Cc1c(C)c(C)c2c(C)c(C)c(C)c(C)c2c1C.Cc1c(C)c(C)c2c(C)c(C)c(C)c(C)c2c1C.Cc1c(C)c(C)c2c(C)c(C)c(C)c(C)c2c1C. The first-order valence-electron chi connectivity index (χ1n) is 33.8. The van der Waals surface area contributed by atoms with E-state index >= 15 is 0 Å². The average Bonchev–Trinajstić information content (AvgIpc) is 0.765. The Hall–Kier alpha value is -6.24. The molecule has 0 heterocycles. The zero-order chi connectivity index (χ0) is 69.7. The lowest BCUT2D eigenvalue weighted by molar-refractivity contribution is 1.13. The van der Waals surface area contributed by atoms with Crippen LogP contribution >= 0.6 is 0 Å². The molecule has 0 aliphatic rings. The van der Waals surface area contributed by atoms with Crippen molar-refractivity contribution in [3.63, 3.8) is 0 Å². The van der Waals surface area contributed by atoms with Crippen molar-refractivity contribution in [3.8, 4) is 0 Å². The van der Waals surface area contributed by atoms with E-state index in [0.29, 0.717) is 0 Å². The molecule has 0 heteroatoms. The van der Waals surface area contributed by atoms with Crippen LogP contribution in [-0.4, -0.2) is 0 Å². The highest BCUT2D eigenvalue weighted by molar-refractivity contribution is 5.99. The van der Waals surface area contributed by atoms with E-state index in [1.165, 1.54) is 266 Å². The van der Waals surface area contributed by atoms with E-state index in [1.54, 1.807) is 0 Å². The molecule has 0 spiro atoms. The fourth-order valence-corrected chi connectivity index (χ4v) is 14.6. The molecule has 9 rings (SSSR count). The molecule has 0 bridgehead atoms. The topological polar surface area (TPSA) is 0 Å². The maximum Gasteiger partial charge on any atom is -0.0114 e. The Morgan fingerprint density at radius 2 is 0.0889 bits per heavy atom. The fourth-order valence-electron chi connectivity index (χ4n) is 14.6. The summed E-state index contributed by atoms with van der Waals surface area (Å²) in [4.78, 5) is 0. The van der Waals surface area contributed by atoms with Crippen molar-refractivity contribution in [2.75, 3.05) is 0 Å². The summed E-state index contributed by atoms with van der Waals surface area (Å²) < 4.78 is 0. The zero-order valence-corrected chi connectivity index (χ0v) is 66.0. The van der Waals surface area contributed by atoms with Gasteiger partial charge in [0.2, 0.25) is 0 Å². The molecule has 0 aliphatic carbocycles. The van der Waals surface area contributed by atoms with Crippen LogP contribution in [0.5, 0.6) is 0 Å². The second-order valence-corrected chi connectivity index (χ2v) is 28.5. The number of benzene rings is 9. The van der Waals surface area contributed by atoms with E-state index in [-0.39, 0.29) is 0 Å². The van der Waals surface area contributed by atoms with Gasteiger partial charge in [-0.1, -0.05) is 0 Å². The maximum absolute atomic E-state index is 2.27. The first-order valence-corrected chi connectivity index (χ1v) is 33.8. The standard InChI is InChI=1S/3C18H24.3C12H18/c3*1-9-10(2)14(6)18-16(8)12(4)11(3)15(7)17(18)13(9)5;3*1-7-8(2)10(4)12(6)11(5)9(7)3/h3*1-8H3;3*1-6H3. The molecule has 0 atom stereocenters. The Balaban J connectivity index is 0.000000233. The van der Waals surface area contributed by atoms with Gasteiger partial charge in [0, 0.05) is 0 Å². The first kappa shape index (κ1) is 76.2. The van der Waals surface area contributed by atoms with Gasteiger partial charge < -0.3 is 0 Å². The number of fused-ring (bicyclic) bond motifs is 3. The number of hydrogen-bond donors (Lipinski definition) is 0. The Bertz CT molecular complexity index is 3250. The van der Waals surface area contributed by atoms with Crippen molar-refractivity contribution < 1.29 is 0 Å². The van der Waals surface area contributed by atoms with E-state index in [4.69, 9.17) is 0 Å². The van der Waals surface area contributed by atoms with Crippen molar-refractivity contribution in [2.45, 2.75) is 291 Å². The Kier molecular flexibility index (Phi) is 24.7. The smallest absolute Gasteiger partial charge is 0.0114 e. The highest BCUT2D eigenvalue weighted by atomic mass is 14.2. The minimum atomic E-state index is 1.45. The highest BCUT2D eigenvalue weighted by Gasteiger charge is 2.20. The summed E-state index contributed by atoms with van der Waals surface area (Å²) in [5.74, 6) is 0. The molecule has 0 radical (unpaired) electrons. The molecule has 0 saturated carbocycles. The predicted octanol–water partition coefficient (Wildman–Crippen LogP) is 26.5. The van der Waals surface area contributed by atoms with Gasteiger partial charge in [-0.05, 0) is 557 Å². The van der Waals surface area contributed by atoms with Gasteiger partial charge in [0.25, 0.3) is 0 Å². The predicted molar refractivity (Wildman–Crippen MR) is 410 cm³/mol. The molecular formula is C90H126. The number of aryl methyl sites for hydroxylation is 12. The molecule has 9 aromatic carbocycles. The molecule has 9 aromatic rings. The summed E-state index contributed by atoms with van der Waals surface area (Å²) in [6.45, 7) is 94.1. The lowest BCUT2D eigenvalue weighted by Gasteiger charge is -2.21. The van der Waals surface area contributed by atoms with Crippen molar-refractivity contribution in [1.82, 2.24) is 0 Å². The van der Waals surface area contributed by atoms with Gasteiger partial charge in [0.15, 0.2) is 0 Å². The van der Waals surface area contributed by atoms with Crippen LogP contribution in [0.1, 0.15) is 234 Å². The Morgan fingerprint density at radius 1 is 0.0556 bits per heavy atom. The summed E-state index contributed by atoms with van der Waals surface area (Å²) in [6.07, 6.45) is 0. The van der Waals surface area contributed by atoms with Gasteiger partial charge in [-0.25, -0.2) is 0 Å². The normalized spacial score (nSPS) is 11.0. The average molecular weight is 1210 g/mol. The van der Waals surface area contributed by atoms with Gasteiger partial charge in [-0.15, -0.1) is 0 Å². The molecule has 0 unspecified atom stereocenters. The lowest BCUT2D eigenvalue weighted by Crippen LogP contribution is -2.01. The van der Waals surface area contributed by atoms with Crippen LogP contribution in [0.15, 0.2) is 0 Å². The Morgan fingerprint density at radius 3 is 0.133 bits per heavy atom. The summed E-state index contributed by atoms with van der Waals surface area (Å²) in [6, 6.07) is 0. The molecule has 0 nitrogen and oxygen atoms in total. The molecular weight excluding hydrogens is 1080 g/mol. The zero-order valence-electron chi connectivity index (χ0n) is 66.0. The third-order valence-corrected chi connectivity index (χ3v) is 25.5.